The van der Waals surface area contributed by atoms with Crippen LogP contribution in [0.25, 0.3) is 0 Å². The van der Waals surface area contributed by atoms with Gasteiger partial charge in [-0.25, -0.2) is 0 Å². The third-order valence-electron chi connectivity index (χ3n) is 2.58. The summed E-state index contributed by atoms with van der Waals surface area (Å²) in [6.07, 6.45) is 2.65. The van der Waals surface area contributed by atoms with Crippen LogP contribution in [0.1, 0.15) is 18.4 Å². The largest absolute Gasteiger partial charge is 0.399 e. The Labute approximate surface area is 89.7 Å². The van der Waals surface area contributed by atoms with Gasteiger partial charge in [0, 0.05) is 23.3 Å². The van der Waals surface area contributed by atoms with Gasteiger partial charge in [0.25, 0.3) is 0 Å². The number of benzene rings is 1. The highest BCUT2D eigenvalue weighted by Crippen LogP contribution is 2.27. The summed E-state index contributed by atoms with van der Waals surface area (Å²) in [4.78, 5) is 2.35. The number of rotatable bonds is 3. The molecule has 0 spiro atoms. The van der Waals surface area contributed by atoms with Crippen LogP contribution < -0.4 is 5.73 Å². The lowest BCUT2D eigenvalue weighted by molar-refractivity contribution is 0.316. The van der Waals surface area contributed by atoms with Gasteiger partial charge in [-0.1, -0.05) is 11.6 Å². The highest BCUT2D eigenvalue weighted by molar-refractivity contribution is 6.30. The number of nitrogen functional groups attached to an aromatic ring is 1. The fourth-order valence-corrected chi connectivity index (χ4v) is 1.97. The smallest absolute Gasteiger partial charge is 0.0429 e. The number of hydrogen-bond donors (Lipinski definition) is 1. The maximum Gasteiger partial charge on any atom is 0.0429 e. The van der Waals surface area contributed by atoms with Crippen LogP contribution in [0.3, 0.4) is 0 Å². The van der Waals surface area contributed by atoms with E-state index in [9.17, 15) is 0 Å². The Hall–Kier alpha value is -0.730. The molecule has 1 aliphatic carbocycles. The fraction of sp³-hybridized carbons (Fsp3) is 0.455. The third kappa shape index (κ3) is 2.40. The van der Waals surface area contributed by atoms with Crippen molar-refractivity contribution in [2.75, 3.05) is 12.8 Å². The first-order chi connectivity index (χ1) is 6.65. The lowest BCUT2D eigenvalue weighted by Crippen LogP contribution is -2.19. The van der Waals surface area contributed by atoms with Crippen molar-refractivity contribution in [1.29, 1.82) is 0 Å². The molecule has 2 nitrogen and oxygen atoms in total. The first-order valence-corrected chi connectivity index (χ1v) is 5.28. The molecule has 0 saturated heterocycles. The molecule has 1 aromatic rings. The first-order valence-electron chi connectivity index (χ1n) is 4.90. The van der Waals surface area contributed by atoms with Gasteiger partial charge in [-0.3, -0.25) is 4.90 Å². The molecule has 0 bridgehead atoms. The van der Waals surface area contributed by atoms with Gasteiger partial charge in [-0.15, -0.1) is 0 Å². The maximum atomic E-state index is 5.93. The minimum atomic E-state index is 0.726. The molecule has 3 heteroatoms. The Morgan fingerprint density at radius 3 is 2.71 bits per heavy atom. The van der Waals surface area contributed by atoms with Crippen LogP contribution in [0.15, 0.2) is 18.2 Å². The number of halogens is 1. The van der Waals surface area contributed by atoms with Crippen molar-refractivity contribution in [3.05, 3.63) is 28.8 Å². The summed E-state index contributed by atoms with van der Waals surface area (Å²) >= 11 is 5.93. The van der Waals surface area contributed by atoms with E-state index >= 15 is 0 Å². The molecule has 0 aliphatic heterocycles. The molecular weight excluding hydrogens is 196 g/mol. The molecule has 1 aromatic carbocycles. The highest BCUT2D eigenvalue weighted by Gasteiger charge is 2.25. The van der Waals surface area contributed by atoms with Gasteiger partial charge in [-0.2, -0.15) is 0 Å². The van der Waals surface area contributed by atoms with Crippen LogP contribution >= 0.6 is 11.6 Å². The fourth-order valence-electron chi connectivity index (χ4n) is 1.70. The Balaban J connectivity index is 2.07. The zero-order valence-electron chi connectivity index (χ0n) is 8.33. The summed E-state index contributed by atoms with van der Waals surface area (Å²) in [6.45, 7) is 0.940. The summed E-state index contributed by atoms with van der Waals surface area (Å²) in [5.74, 6) is 0. The zero-order chi connectivity index (χ0) is 10.1. The monoisotopic (exact) mass is 210 g/mol. The molecule has 76 valence electrons. The van der Waals surface area contributed by atoms with E-state index < -0.39 is 0 Å². The van der Waals surface area contributed by atoms with E-state index in [1.54, 1.807) is 6.07 Å². The van der Waals surface area contributed by atoms with Crippen molar-refractivity contribution >= 4 is 17.3 Å². The van der Waals surface area contributed by atoms with Gasteiger partial charge in [-0.05, 0) is 43.7 Å². The van der Waals surface area contributed by atoms with E-state index in [0.29, 0.717) is 0 Å². The van der Waals surface area contributed by atoms with Crippen LogP contribution in [0.5, 0.6) is 0 Å². The maximum absolute atomic E-state index is 5.93. The van der Waals surface area contributed by atoms with Crippen molar-refractivity contribution in [3.63, 3.8) is 0 Å². The predicted molar refractivity (Wildman–Crippen MR) is 60.4 cm³/mol. The molecule has 1 aliphatic rings. The van der Waals surface area contributed by atoms with Gasteiger partial charge in [0.1, 0.15) is 0 Å². The predicted octanol–water partition coefficient (Wildman–Crippen LogP) is 2.52. The van der Waals surface area contributed by atoms with Crippen molar-refractivity contribution in [2.24, 2.45) is 0 Å². The average Bonchev–Trinajstić information content (AvgIpc) is 2.82. The van der Waals surface area contributed by atoms with Crippen molar-refractivity contribution in [1.82, 2.24) is 4.90 Å². The van der Waals surface area contributed by atoms with Gasteiger partial charge in [0.15, 0.2) is 0 Å². The molecule has 0 aromatic heterocycles. The summed E-state index contributed by atoms with van der Waals surface area (Å²) in [5.41, 5.74) is 7.67. The van der Waals surface area contributed by atoms with E-state index in [1.165, 1.54) is 18.4 Å². The van der Waals surface area contributed by atoms with E-state index in [4.69, 9.17) is 17.3 Å². The molecule has 0 unspecified atom stereocenters. The highest BCUT2D eigenvalue weighted by atomic mass is 35.5. The minimum absolute atomic E-state index is 0.726. The Kier molecular flexibility index (Phi) is 2.66. The van der Waals surface area contributed by atoms with Crippen LogP contribution in [0.4, 0.5) is 5.69 Å². The molecule has 1 fully saturated rings. The van der Waals surface area contributed by atoms with Gasteiger partial charge in [0.05, 0.1) is 0 Å². The van der Waals surface area contributed by atoms with Crippen LogP contribution in [-0.2, 0) is 6.54 Å². The SMILES string of the molecule is CN(Cc1cc(N)cc(Cl)c1)C1CC1. The molecule has 2 N–H and O–H groups in total. The topological polar surface area (TPSA) is 29.3 Å². The van der Waals surface area contributed by atoms with Crippen molar-refractivity contribution in [2.45, 2.75) is 25.4 Å². The van der Waals surface area contributed by atoms with E-state index in [2.05, 4.69) is 11.9 Å². The summed E-state index contributed by atoms with van der Waals surface area (Å²) in [7, 11) is 2.15. The molecule has 14 heavy (non-hydrogen) atoms. The van der Waals surface area contributed by atoms with E-state index in [1.807, 2.05) is 12.1 Å². The second-order valence-corrected chi connectivity index (χ2v) is 4.48. The Morgan fingerprint density at radius 1 is 1.43 bits per heavy atom. The third-order valence-corrected chi connectivity index (χ3v) is 2.80. The lowest BCUT2D eigenvalue weighted by Gasteiger charge is -2.15. The standard InChI is InChI=1S/C11H15ClN2/c1-14(11-2-3-11)7-8-4-9(12)6-10(13)5-8/h4-6,11H,2-3,7,13H2,1H3. The second-order valence-electron chi connectivity index (χ2n) is 4.04. The minimum Gasteiger partial charge on any atom is -0.399 e. The Morgan fingerprint density at radius 2 is 2.14 bits per heavy atom. The molecule has 0 radical (unpaired) electrons. The summed E-state index contributed by atoms with van der Waals surface area (Å²) in [6, 6.07) is 6.53. The van der Waals surface area contributed by atoms with Crippen LogP contribution in [0, 0.1) is 0 Å². The lowest BCUT2D eigenvalue weighted by atomic mass is 10.2. The number of nitrogens with zero attached hydrogens (tertiary/aromatic N) is 1. The van der Waals surface area contributed by atoms with Gasteiger partial charge >= 0.3 is 0 Å². The number of hydrogen-bond acceptors (Lipinski definition) is 2. The summed E-state index contributed by atoms with van der Waals surface area (Å²) in [5, 5.41) is 0.726. The van der Waals surface area contributed by atoms with Crippen molar-refractivity contribution < 1.29 is 0 Å². The quantitative estimate of drug-likeness (QED) is 0.777. The average molecular weight is 211 g/mol. The normalized spacial score (nSPS) is 16.2. The summed E-state index contributed by atoms with van der Waals surface area (Å²) < 4.78 is 0. The molecule has 0 heterocycles. The van der Waals surface area contributed by atoms with Gasteiger partial charge < -0.3 is 5.73 Å². The first kappa shape index (κ1) is 9.81. The molecule has 1 saturated carbocycles. The molecular formula is C11H15ClN2. The van der Waals surface area contributed by atoms with Crippen molar-refractivity contribution in [3.8, 4) is 0 Å². The van der Waals surface area contributed by atoms with E-state index in [0.717, 1.165) is 23.3 Å². The number of anilines is 1. The van der Waals surface area contributed by atoms with Crippen LogP contribution in [-0.4, -0.2) is 18.0 Å². The molecule has 0 amide bonds. The number of nitrogens with two attached hydrogens (primary N) is 1. The Bertz CT molecular complexity index is 314. The zero-order valence-corrected chi connectivity index (χ0v) is 9.09. The van der Waals surface area contributed by atoms with Gasteiger partial charge in [0.2, 0.25) is 0 Å². The van der Waals surface area contributed by atoms with E-state index in [-0.39, 0.29) is 0 Å². The van der Waals surface area contributed by atoms with Crippen LogP contribution in [0.2, 0.25) is 5.02 Å². The molecule has 2 rings (SSSR count). The second kappa shape index (κ2) is 3.79. The molecule has 0 atom stereocenters.